The molecule has 0 spiro atoms. The van der Waals surface area contributed by atoms with Gasteiger partial charge in [0.15, 0.2) is 11.5 Å². The van der Waals surface area contributed by atoms with Crippen LogP contribution >= 0.6 is 0 Å². The van der Waals surface area contributed by atoms with E-state index in [0.29, 0.717) is 35.9 Å². The predicted molar refractivity (Wildman–Crippen MR) is 141 cm³/mol. The molecule has 0 aliphatic heterocycles. The van der Waals surface area contributed by atoms with Crippen LogP contribution < -0.4 is 23.8 Å². The molecule has 0 unspecified atom stereocenters. The van der Waals surface area contributed by atoms with Gasteiger partial charge in [0.2, 0.25) is 10.0 Å². The zero-order chi connectivity index (χ0) is 26.3. The number of hydrogen-bond acceptors (Lipinski definition) is 6. The van der Waals surface area contributed by atoms with Crippen molar-refractivity contribution >= 4 is 21.6 Å². The van der Waals surface area contributed by atoms with Crippen molar-refractivity contribution in [3.63, 3.8) is 0 Å². The number of aryl methyl sites for hydroxylation is 2. The fourth-order valence-electron chi connectivity index (χ4n) is 3.70. The summed E-state index contributed by atoms with van der Waals surface area (Å²) in [7, 11) is -0.579. The molecular weight excluding hydrogens is 480 g/mol. The molecule has 9 heteroatoms. The number of hydrogen-bond donors (Lipinski definition) is 1. The Morgan fingerprint density at radius 1 is 0.889 bits per heavy atom. The van der Waals surface area contributed by atoms with E-state index in [9.17, 15) is 13.2 Å². The fourth-order valence-corrected chi connectivity index (χ4v) is 4.58. The van der Waals surface area contributed by atoms with Crippen molar-refractivity contribution in [1.29, 1.82) is 0 Å². The van der Waals surface area contributed by atoms with Gasteiger partial charge < -0.3 is 19.5 Å². The minimum Gasteiger partial charge on any atom is -0.493 e. The van der Waals surface area contributed by atoms with Crippen LogP contribution in [0.1, 0.15) is 27.0 Å². The van der Waals surface area contributed by atoms with E-state index in [0.717, 1.165) is 23.1 Å². The second kappa shape index (κ2) is 11.8. The van der Waals surface area contributed by atoms with Crippen LogP contribution in [0.25, 0.3) is 0 Å². The molecule has 0 saturated carbocycles. The Morgan fingerprint density at radius 2 is 1.56 bits per heavy atom. The molecule has 0 aliphatic rings. The second-order valence-electron chi connectivity index (χ2n) is 8.38. The summed E-state index contributed by atoms with van der Waals surface area (Å²) in [4.78, 5) is 12.5. The summed E-state index contributed by atoms with van der Waals surface area (Å²) in [6.07, 6.45) is 1.14. The zero-order valence-corrected chi connectivity index (χ0v) is 22.0. The van der Waals surface area contributed by atoms with Crippen molar-refractivity contribution in [2.45, 2.75) is 20.4 Å². The number of nitrogens with one attached hydrogen (secondary N) is 1. The molecule has 36 heavy (non-hydrogen) atoms. The maximum atomic E-state index is 12.5. The van der Waals surface area contributed by atoms with Gasteiger partial charge >= 0.3 is 0 Å². The molecule has 0 bridgehead atoms. The Bertz CT molecular complexity index is 1310. The third-order valence-electron chi connectivity index (χ3n) is 5.57. The van der Waals surface area contributed by atoms with Crippen molar-refractivity contribution in [2.75, 3.05) is 37.9 Å². The number of benzene rings is 3. The predicted octanol–water partition coefficient (Wildman–Crippen LogP) is 4.10. The minimum atomic E-state index is -3.59. The van der Waals surface area contributed by atoms with Crippen LogP contribution in [0.15, 0.2) is 60.7 Å². The van der Waals surface area contributed by atoms with Gasteiger partial charge in [-0.1, -0.05) is 29.8 Å². The number of amides is 1. The molecule has 0 fully saturated rings. The van der Waals surface area contributed by atoms with Crippen LogP contribution in [-0.2, 0) is 16.6 Å². The first-order chi connectivity index (χ1) is 17.1. The SMILES string of the molecule is COc1ccc(N(Cc2ccc(C(=O)NCCOc3ccc(C)cc3C)cc2)S(C)(=O)=O)cc1OC. The second-order valence-corrected chi connectivity index (χ2v) is 10.3. The van der Waals surface area contributed by atoms with E-state index in [1.165, 1.54) is 24.1 Å². The summed E-state index contributed by atoms with van der Waals surface area (Å²) < 4.78 is 42.6. The van der Waals surface area contributed by atoms with Gasteiger partial charge in [-0.15, -0.1) is 0 Å². The lowest BCUT2D eigenvalue weighted by molar-refractivity contribution is 0.0947. The van der Waals surface area contributed by atoms with E-state index in [4.69, 9.17) is 14.2 Å². The molecule has 0 aromatic heterocycles. The molecule has 3 rings (SSSR count). The summed E-state index contributed by atoms with van der Waals surface area (Å²) in [6, 6.07) is 17.7. The van der Waals surface area contributed by atoms with Crippen molar-refractivity contribution < 1.29 is 27.4 Å². The van der Waals surface area contributed by atoms with Gasteiger partial charge in [0.1, 0.15) is 12.4 Å². The van der Waals surface area contributed by atoms with Gasteiger partial charge in [-0.2, -0.15) is 0 Å². The molecule has 0 heterocycles. The van der Waals surface area contributed by atoms with Crippen LogP contribution in [0, 0.1) is 13.8 Å². The first-order valence-electron chi connectivity index (χ1n) is 11.4. The molecule has 3 aromatic rings. The largest absolute Gasteiger partial charge is 0.493 e. The first-order valence-corrected chi connectivity index (χ1v) is 13.2. The molecule has 0 radical (unpaired) electrons. The lowest BCUT2D eigenvalue weighted by atomic mass is 10.1. The summed E-state index contributed by atoms with van der Waals surface area (Å²) in [5.74, 6) is 1.50. The molecule has 0 atom stereocenters. The number of anilines is 1. The van der Waals surface area contributed by atoms with E-state index >= 15 is 0 Å². The standard InChI is InChI=1S/C27H32N2O6S/c1-19-6-12-24(20(2)16-19)35-15-14-28-27(30)22-9-7-21(8-10-22)18-29(36(5,31)32)23-11-13-25(33-3)26(17-23)34-4/h6-13,16-17H,14-15,18H2,1-5H3,(H,28,30). The van der Waals surface area contributed by atoms with Gasteiger partial charge in [0.25, 0.3) is 5.91 Å². The van der Waals surface area contributed by atoms with Gasteiger partial charge in [-0.3, -0.25) is 9.10 Å². The molecule has 8 nitrogen and oxygen atoms in total. The molecule has 3 aromatic carbocycles. The minimum absolute atomic E-state index is 0.0972. The number of methoxy groups -OCH3 is 2. The van der Waals surface area contributed by atoms with E-state index in [1.54, 1.807) is 42.5 Å². The van der Waals surface area contributed by atoms with E-state index in [2.05, 4.69) is 5.32 Å². The van der Waals surface area contributed by atoms with Crippen molar-refractivity contribution in [2.24, 2.45) is 0 Å². The van der Waals surface area contributed by atoms with Crippen LogP contribution in [-0.4, -0.2) is 48.0 Å². The van der Waals surface area contributed by atoms with Gasteiger partial charge in [0.05, 0.1) is 39.3 Å². The monoisotopic (exact) mass is 512 g/mol. The summed E-state index contributed by atoms with van der Waals surface area (Å²) >= 11 is 0. The third kappa shape index (κ3) is 6.91. The quantitative estimate of drug-likeness (QED) is 0.389. The maximum absolute atomic E-state index is 12.5. The Morgan fingerprint density at radius 3 is 2.17 bits per heavy atom. The summed E-state index contributed by atoms with van der Waals surface area (Å²) in [5.41, 5.74) is 3.86. The topological polar surface area (TPSA) is 94.2 Å². The molecule has 192 valence electrons. The number of sulfonamides is 1. The van der Waals surface area contributed by atoms with E-state index in [1.807, 2.05) is 32.0 Å². The van der Waals surface area contributed by atoms with Crippen LogP contribution in [0.4, 0.5) is 5.69 Å². The zero-order valence-electron chi connectivity index (χ0n) is 21.2. The highest BCUT2D eigenvalue weighted by Crippen LogP contribution is 2.33. The molecule has 0 aliphatic carbocycles. The van der Waals surface area contributed by atoms with Gasteiger partial charge in [-0.25, -0.2) is 8.42 Å². The fraction of sp³-hybridized carbons (Fsp3) is 0.296. The van der Waals surface area contributed by atoms with Crippen LogP contribution in [0.5, 0.6) is 17.2 Å². The summed E-state index contributed by atoms with van der Waals surface area (Å²) in [5, 5.41) is 2.84. The van der Waals surface area contributed by atoms with Crippen molar-refractivity contribution in [1.82, 2.24) is 5.32 Å². The molecule has 1 N–H and O–H groups in total. The number of ether oxygens (including phenoxy) is 3. The van der Waals surface area contributed by atoms with Crippen LogP contribution in [0.2, 0.25) is 0 Å². The average molecular weight is 513 g/mol. The highest BCUT2D eigenvalue weighted by atomic mass is 32.2. The Hall–Kier alpha value is -3.72. The lowest BCUT2D eigenvalue weighted by Gasteiger charge is -2.23. The normalized spacial score (nSPS) is 11.0. The Kier molecular flexibility index (Phi) is 8.82. The van der Waals surface area contributed by atoms with E-state index in [-0.39, 0.29) is 12.5 Å². The van der Waals surface area contributed by atoms with Gasteiger partial charge in [-0.05, 0) is 55.3 Å². The smallest absolute Gasteiger partial charge is 0.251 e. The van der Waals surface area contributed by atoms with Crippen molar-refractivity contribution in [3.05, 3.63) is 82.9 Å². The number of carbonyl (C=O) groups is 1. The van der Waals surface area contributed by atoms with Gasteiger partial charge in [0, 0.05) is 11.6 Å². The van der Waals surface area contributed by atoms with Crippen molar-refractivity contribution in [3.8, 4) is 17.2 Å². The first kappa shape index (κ1) is 26.9. The number of nitrogens with zero attached hydrogens (tertiary/aromatic N) is 1. The highest BCUT2D eigenvalue weighted by Gasteiger charge is 2.20. The molecular formula is C27H32N2O6S. The Balaban J connectivity index is 1.62. The van der Waals surface area contributed by atoms with E-state index < -0.39 is 10.0 Å². The molecule has 1 amide bonds. The lowest BCUT2D eigenvalue weighted by Crippen LogP contribution is -2.29. The summed E-state index contributed by atoms with van der Waals surface area (Å²) in [6.45, 7) is 4.81. The molecule has 0 saturated heterocycles. The van der Waals surface area contributed by atoms with Crippen LogP contribution in [0.3, 0.4) is 0 Å². The maximum Gasteiger partial charge on any atom is 0.251 e. The average Bonchev–Trinajstić information content (AvgIpc) is 2.85. The number of rotatable bonds is 11. The third-order valence-corrected chi connectivity index (χ3v) is 6.71. The highest BCUT2D eigenvalue weighted by molar-refractivity contribution is 7.92. The number of carbonyl (C=O) groups excluding carboxylic acids is 1. The Labute approximate surface area is 212 Å².